The highest BCUT2D eigenvalue weighted by Gasteiger charge is 2.08. The Labute approximate surface area is 193 Å². The first kappa shape index (κ1) is 23.5. The highest BCUT2D eigenvalue weighted by Crippen LogP contribution is 2.28. The van der Waals surface area contributed by atoms with E-state index in [0.717, 1.165) is 34.7 Å². The number of carbonyl (C=O) groups excluding carboxylic acids is 1. The molecule has 0 fully saturated rings. The van der Waals surface area contributed by atoms with Crippen molar-refractivity contribution >= 4 is 23.5 Å². The van der Waals surface area contributed by atoms with Gasteiger partial charge in [0.05, 0.1) is 30.6 Å². The number of hydrogen-bond donors (Lipinski definition) is 1. The number of rotatable bonds is 11. The first-order valence-electron chi connectivity index (χ1n) is 10.8. The van der Waals surface area contributed by atoms with Crippen LogP contribution in [0.15, 0.2) is 52.9 Å². The van der Waals surface area contributed by atoms with Gasteiger partial charge >= 0.3 is 0 Å². The number of aromatic nitrogens is 1. The molecule has 0 saturated heterocycles. The van der Waals surface area contributed by atoms with Gasteiger partial charge in [0.1, 0.15) is 0 Å². The zero-order chi connectivity index (χ0) is 22.8. The second kappa shape index (κ2) is 12.0. The minimum absolute atomic E-state index is 0.277. The maximum Gasteiger partial charge on any atom is 0.271 e. The van der Waals surface area contributed by atoms with Crippen LogP contribution in [-0.2, 0) is 0 Å². The fourth-order valence-electron chi connectivity index (χ4n) is 3.11. The van der Waals surface area contributed by atoms with E-state index in [1.165, 1.54) is 12.8 Å². The Balaban J connectivity index is 1.54. The molecule has 6 nitrogen and oxygen atoms in total. The van der Waals surface area contributed by atoms with E-state index in [4.69, 9.17) is 9.47 Å². The maximum atomic E-state index is 12.4. The van der Waals surface area contributed by atoms with Crippen LogP contribution in [0.5, 0.6) is 11.5 Å². The number of nitrogens with one attached hydrogen (secondary N) is 1. The molecule has 0 radical (unpaired) electrons. The van der Waals surface area contributed by atoms with Crippen LogP contribution in [-0.4, -0.2) is 30.8 Å². The van der Waals surface area contributed by atoms with E-state index < -0.39 is 0 Å². The standard InChI is InChI=1S/C25H29N3O3S/c1-4-5-6-7-14-31-23-13-8-19(15-24(23)30-3)16-26-28-25(29)21-11-9-20(10-12-21)22-17-32-18(2)27-22/h8-13,15-17H,4-7,14H2,1-3H3,(H,28,29)/b26-16+. The number of methoxy groups -OCH3 is 1. The minimum atomic E-state index is -0.277. The highest BCUT2D eigenvalue weighted by molar-refractivity contribution is 7.09. The molecular weight excluding hydrogens is 422 g/mol. The van der Waals surface area contributed by atoms with Gasteiger partial charge in [-0.05, 0) is 49.2 Å². The van der Waals surface area contributed by atoms with Gasteiger partial charge in [0, 0.05) is 16.5 Å². The van der Waals surface area contributed by atoms with Gasteiger partial charge in [-0.1, -0.05) is 38.3 Å². The predicted octanol–water partition coefficient (Wildman–Crippen LogP) is 5.85. The molecule has 0 unspecified atom stereocenters. The summed E-state index contributed by atoms with van der Waals surface area (Å²) in [7, 11) is 1.61. The van der Waals surface area contributed by atoms with Crippen molar-refractivity contribution in [2.24, 2.45) is 5.10 Å². The van der Waals surface area contributed by atoms with Gasteiger partial charge in [0.25, 0.3) is 5.91 Å². The van der Waals surface area contributed by atoms with Crippen molar-refractivity contribution in [1.82, 2.24) is 10.4 Å². The molecule has 3 aromatic rings. The van der Waals surface area contributed by atoms with Crippen molar-refractivity contribution in [3.63, 3.8) is 0 Å². The third kappa shape index (κ3) is 6.65. The summed E-state index contributed by atoms with van der Waals surface area (Å²) in [5.74, 6) is 1.07. The van der Waals surface area contributed by atoms with Crippen LogP contribution in [0, 0.1) is 6.92 Å². The number of ether oxygens (including phenoxy) is 2. The summed E-state index contributed by atoms with van der Waals surface area (Å²) in [6.07, 6.45) is 6.19. The number of thiazole rings is 1. The SMILES string of the molecule is CCCCCCOc1ccc(/C=N/NC(=O)c2ccc(-c3csc(C)n3)cc2)cc1OC. The molecule has 0 atom stereocenters. The fourth-order valence-corrected chi connectivity index (χ4v) is 3.74. The first-order chi connectivity index (χ1) is 15.6. The Kier molecular flexibility index (Phi) is 8.80. The molecule has 0 saturated carbocycles. The number of unbranched alkanes of at least 4 members (excludes halogenated alkanes) is 3. The van der Waals surface area contributed by atoms with Crippen LogP contribution in [0.4, 0.5) is 0 Å². The maximum absolute atomic E-state index is 12.4. The average Bonchev–Trinajstić information content (AvgIpc) is 3.25. The number of hydrogen-bond acceptors (Lipinski definition) is 6. The Hall–Kier alpha value is -3.19. The van der Waals surface area contributed by atoms with Crippen molar-refractivity contribution in [2.45, 2.75) is 39.5 Å². The lowest BCUT2D eigenvalue weighted by Gasteiger charge is -2.11. The quantitative estimate of drug-likeness (QED) is 0.225. The Morgan fingerprint density at radius 2 is 1.94 bits per heavy atom. The van der Waals surface area contributed by atoms with E-state index in [2.05, 4.69) is 22.4 Å². The molecule has 32 heavy (non-hydrogen) atoms. The number of carbonyl (C=O) groups is 1. The second-order valence-electron chi connectivity index (χ2n) is 7.35. The van der Waals surface area contributed by atoms with Crippen molar-refractivity contribution in [1.29, 1.82) is 0 Å². The molecule has 0 spiro atoms. The molecule has 7 heteroatoms. The molecule has 0 aliphatic carbocycles. The zero-order valence-electron chi connectivity index (χ0n) is 18.8. The zero-order valence-corrected chi connectivity index (χ0v) is 19.6. The first-order valence-corrected chi connectivity index (χ1v) is 11.7. The van der Waals surface area contributed by atoms with Crippen LogP contribution >= 0.6 is 11.3 Å². The van der Waals surface area contributed by atoms with Gasteiger partial charge in [0.2, 0.25) is 0 Å². The Morgan fingerprint density at radius 1 is 1.12 bits per heavy atom. The molecule has 0 aliphatic heterocycles. The normalized spacial score (nSPS) is 11.0. The summed E-state index contributed by atoms with van der Waals surface area (Å²) < 4.78 is 11.3. The summed E-state index contributed by atoms with van der Waals surface area (Å²) >= 11 is 1.60. The summed E-state index contributed by atoms with van der Waals surface area (Å²) in [6.45, 7) is 4.83. The van der Waals surface area contributed by atoms with Gasteiger partial charge in [-0.2, -0.15) is 5.10 Å². The molecule has 1 heterocycles. The third-order valence-electron chi connectivity index (χ3n) is 4.88. The molecule has 168 valence electrons. The van der Waals surface area contributed by atoms with Gasteiger partial charge in [-0.3, -0.25) is 4.79 Å². The number of hydrazone groups is 1. The largest absolute Gasteiger partial charge is 0.493 e. The van der Waals surface area contributed by atoms with Crippen molar-refractivity contribution in [3.8, 4) is 22.8 Å². The van der Waals surface area contributed by atoms with Crippen molar-refractivity contribution < 1.29 is 14.3 Å². The van der Waals surface area contributed by atoms with Crippen LogP contribution < -0.4 is 14.9 Å². The summed E-state index contributed by atoms with van der Waals surface area (Å²) in [5.41, 5.74) is 5.79. The monoisotopic (exact) mass is 451 g/mol. The van der Waals surface area contributed by atoms with Crippen LogP contribution in [0.3, 0.4) is 0 Å². The van der Waals surface area contributed by atoms with E-state index in [1.807, 2.05) is 42.6 Å². The lowest BCUT2D eigenvalue weighted by Crippen LogP contribution is -2.17. The highest BCUT2D eigenvalue weighted by atomic mass is 32.1. The van der Waals surface area contributed by atoms with Gasteiger partial charge in [-0.15, -0.1) is 11.3 Å². The van der Waals surface area contributed by atoms with E-state index >= 15 is 0 Å². The second-order valence-corrected chi connectivity index (χ2v) is 8.41. The fraction of sp³-hybridized carbons (Fsp3) is 0.320. The Bertz CT molecular complexity index is 1040. The van der Waals surface area contributed by atoms with Gasteiger partial charge < -0.3 is 9.47 Å². The molecule has 2 aromatic carbocycles. The van der Waals surface area contributed by atoms with Crippen molar-refractivity contribution in [3.05, 3.63) is 64.0 Å². The molecule has 1 N–H and O–H groups in total. The lowest BCUT2D eigenvalue weighted by atomic mass is 10.1. The number of benzene rings is 2. The van der Waals surface area contributed by atoms with Crippen LogP contribution in [0.1, 0.15) is 53.5 Å². The molecule has 1 amide bonds. The topological polar surface area (TPSA) is 72.8 Å². The molecule has 1 aromatic heterocycles. The summed E-state index contributed by atoms with van der Waals surface area (Å²) in [5, 5.41) is 7.09. The smallest absolute Gasteiger partial charge is 0.271 e. The van der Waals surface area contributed by atoms with Crippen LogP contribution in [0.2, 0.25) is 0 Å². The van der Waals surface area contributed by atoms with E-state index in [1.54, 1.807) is 36.8 Å². The molecule has 0 aliphatic rings. The summed E-state index contributed by atoms with van der Waals surface area (Å²) in [4.78, 5) is 16.8. The third-order valence-corrected chi connectivity index (χ3v) is 5.66. The van der Waals surface area contributed by atoms with E-state index in [-0.39, 0.29) is 5.91 Å². The van der Waals surface area contributed by atoms with E-state index in [9.17, 15) is 4.79 Å². The van der Waals surface area contributed by atoms with Crippen molar-refractivity contribution in [2.75, 3.05) is 13.7 Å². The van der Waals surface area contributed by atoms with Gasteiger partial charge in [0.15, 0.2) is 11.5 Å². The summed E-state index contributed by atoms with van der Waals surface area (Å²) in [6, 6.07) is 12.9. The molecular formula is C25H29N3O3S. The van der Waals surface area contributed by atoms with Gasteiger partial charge in [-0.25, -0.2) is 10.4 Å². The average molecular weight is 452 g/mol. The predicted molar refractivity (Wildman–Crippen MR) is 130 cm³/mol. The number of amides is 1. The molecule has 0 bridgehead atoms. The van der Waals surface area contributed by atoms with Crippen LogP contribution in [0.25, 0.3) is 11.3 Å². The Morgan fingerprint density at radius 3 is 2.62 bits per heavy atom. The number of nitrogens with zero attached hydrogens (tertiary/aromatic N) is 2. The lowest BCUT2D eigenvalue weighted by molar-refractivity contribution is 0.0955. The van der Waals surface area contributed by atoms with E-state index in [0.29, 0.717) is 23.7 Å². The minimum Gasteiger partial charge on any atom is -0.493 e. The number of aryl methyl sites for hydroxylation is 1. The molecule has 3 rings (SSSR count).